The molecule has 0 spiro atoms. The maximum atomic E-state index is 12.9. The summed E-state index contributed by atoms with van der Waals surface area (Å²) < 4.78 is 1.06. The number of rotatable bonds is 1. The molecule has 2 aromatic carbocycles. The maximum absolute atomic E-state index is 12.9. The van der Waals surface area contributed by atoms with Crippen molar-refractivity contribution in [3.63, 3.8) is 0 Å². The van der Waals surface area contributed by atoms with Gasteiger partial charge in [-0.3, -0.25) is 4.79 Å². The third-order valence-electron chi connectivity index (χ3n) is 4.15. The van der Waals surface area contributed by atoms with Gasteiger partial charge in [0.25, 0.3) is 5.91 Å². The van der Waals surface area contributed by atoms with Crippen molar-refractivity contribution in [3.05, 3.63) is 69.6 Å². The number of nitrogens with zero attached hydrogens (tertiary/aromatic N) is 1. The van der Waals surface area contributed by atoms with Crippen LogP contribution in [0.3, 0.4) is 0 Å². The minimum atomic E-state index is 0.0423. The van der Waals surface area contributed by atoms with Gasteiger partial charge in [-0.15, -0.1) is 11.3 Å². The first-order valence-corrected chi connectivity index (χ1v) is 8.46. The Kier molecular flexibility index (Phi) is 3.40. The molecule has 0 atom stereocenters. The van der Waals surface area contributed by atoms with Crippen LogP contribution in [0, 0.1) is 0 Å². The van der Waals surface area contributed by atoms with Crippen molar-refractivity contribution in [2.75, 3.05) is 6.54 Å². The van der Waals surface area contributed by atoms with Crippen LogP contribution in [-0.4, -0.2) is 17.4 Å². The van der Waals surface area contributed by atoms with Gasteiger partial charge in [-0.2, -0.15) is 0 Å². The summed E-state index contributed by atoms with van der Waals surface area (Å²) in [6, 6.07) is 16.2. The minimum absolute atomic E-state index is 0.0423. The van der Waals surface area contributed by atoms with E-state index >= 15 is 0 Å². The molecule has 1 amide bonds. The quantitative estimate of drug-likeness (QED) is 0.631. The number of fused-ring (bicyclic) bond motifs is 2. The summed E-state index contributed by atoms with van der Waals surface area (Å²) in [6.45, 7) is 1.42. The van der Waals surface area contributed by atoms with Crippen LogP contribution < -0.4 is 0 Å². The first kappa shape index (κ1) is 13.8. The lowest BCUT2D eigenvalue weighted by molar-refractivity contribution is 0.0740. The lowest BCUT2D eigenvalue weighted by Crippen LogP contribution is -2.35. The molecule has 4 rings (SSSR count). The molecule has 0 saturated heterocycles. The lowest BCUT2D eigenvalue weighted by Gasteiger charge is -2.28. The van der Waals surface area contributed by atoms with Crippen LogP contribution in [0.4, 0.5) is 0 Å². The van der Waals surface area contributed by atoms with Gasteiger partial charge in [0.15, 0.2) is 0 Å². The van der Waals surface area contributed by atoms with E-state index in [0.29, 0.717) is 16.4 Å². The average Bonchev–Trinajstić information content (AvgIpc) is 2.91. The summed E-state index contributed by atoms with van der Waals surface area (Å²) in [6.07, 6.45) is 0.907. The molecule has 0 radical (unpaired) electrons. The summed E-state index contributed by atoms with van der Waals surface area (Å²) in [5, 5.41) is 1.55. The molecular weight excluding hydrogens is 314 g/mol. The number of benzene rings is 2. The second-order valence-electron chi connectivity index (χ2n) is 5.49. The first-order chi connectivity index (χ1) is 10.7. The summed E-state index contributed by atoms with van der Waals surface area (Å²) in [5.41, 5.74) is 2.58. The Hall–Kier alpha value is -1.84. The van der Waals surface area contributed by atoms with Gasteiger partial charge < -0.3 is 4.90 Å². The van der Waals surface area contributed by atoms with Gasteiger partial charge >= 0.3 is 0 Å². The number of thiophene rings is 1. The van der Waals surface area contributed by atoms with E-state index in [0.717, 1.165) is 23.1 Å². The average molecular weight is 328 g/mol. The monoisotopic (exact) mass is 327 g/mol. The van der Waals surface area contributed by atoms with Crippen molar-refractivity contribution in [1.29, 1.82) is 0 Å². The van der Waals surface area contributed by atoms with E-state index in [2.05, 4.69) is 18.2 Å². The van der Waals surface area contributed by atoms with Crippen molar-refractivity contribution in [3.8, 4) is 0 Å². The molecule has 0 N–H and O–H groups in total. The molecule has 1 aliphatic rings. The number of hydrogen-bond donors (Lipinski definition) is 0. The van der Waals surface area contributed by atoms with Crippen LogP contribution in [0.1, 0.15) is 20.8 Å². The number of halogens is 1. The second kappa shape index (κ2) is 5.41. The van der Waals surface area contributed by atoms with Crippen LogP contribution in [0.5, 0.6) is 0 Å². The number of carbonyl (C=O) groups excluding carboxylic acids is 1. The minimum Gasteiger partial charge on any atom is -0.333 e. The Morgan fingerprint density at radius 2 is 1.77 bits per heavy atom. The molecule has 110 valence electrons. The molecule has 2 nitrogen and oxygen atoms in total. The van der Waals surface area contributed by atoms with E-state index in [1.54, 1.807) is 0 Å². The SMILES string of the molecule is O=C(c1sc2ccccc2c1Cl)N1CCc2ccccc2C1. The molecule has 1 aliphatic heterocycles. The van der Waals surface area contributed by atoms with Crippen molar-refractivity contribution < 1.29 is 4.79 Å². The van der Waals surface area contributed by atoms with E-state index in [1.165, 1.54) is 22.5 Å². The molecular formula is C18H14ClNOS. The Labute approximate surface area is 137 Å². The predicted molar refractivity (Wildman–Crippen MR) is 91.7 cm³/mol. The van der Waals surface area contributed by atoms with Crippen LogP contribution >= 0.6 is 22.9 Å². The van der Waals surface area contributed by atoms with E-state index in [9.17, 15) is 4.79 Å². The fraction of sp³-hybridized carbons (Fsp3) is 0.167. The Morgan fingerprint density at radius 1 is 1.05 bits per heavy atom. The van der Waals surface area contributed by atoms with E-state index < -0.39 is 0 Å². The Balaban J connectivity index is 1.68. The zero-order valence-electron chi connectivity index (χ0n) is 11.9. The summed E-state index contributed by atoms with van der Waals surface area (Å²) in [4.78, 5) is 15.4. The van der Waals surface area contributed by atoms with Gasteiger partial charge in [0.1, 0.15) is 4.88 Å². The van der Waals surface area contributed by atoms with Crippen molar-refractivity contribution in [2.24, 2.45) is 0 Å². The Bertz CT molecular complexity index is 870. The molecule has 22 heavy (non-hydrogen) atoms. The van der Waals surface area contributed by atoms with Gasteiger partial charge in [0, 0.05) is 23.2 Å². The third kappa shape index (κ3) is 2.21. The van der Waals surface area contributed by atoms with E-state index in [-0.39, 0.29) is 5.91 Å². The number of hydrogen-bond acceptors (Lipinski definition) is 2. The molecule has 0 unspecified atom stereocenters. The molecule has 1 aromatic heterocycles. The van der Waals surface area contributed by atoms with Crippen LogP contribution in [0.2, 0.25) is 5.02 Å². The van der Waals surface area contributed by atoms with Gasteiger partial charge in [0.2, 0.25) is 0 Å². The first-order valence-electron chi connectivity index (χ1n) is 7.27. The van der Waals surface area contributed by atoms with Crippen LogP contribution in [0.15, 0.2) is 48.5 Å². The highest BCUT2D eigenvalue weighted by Gasteiger charge is 2.25. The summed E-state index contributed by atoms with van der Waals surface area (Å²) in [7, 11) is 0. The normalized spacial score (nSPS) is 14.1. The van der Waals surface area contributed by atoms with Gasteiger partial charge in [-0.1, -0.05) is 54.1 Å². The molecule has 3 aromatic rings. The smallest absolute Gasteiger partial charge is 0.265 e. The highest BCUT2D eigenvalue weighted by Crippen LogP contribution is 2.36. The van der Waals surface area contributed by atoms with Crippen molar-refractivity contribution in [1.82, 2.24) is 4.90 Å². The highest BCUT2D eigenvalue weighted by molar-refractivity contribution is 7.21. The topological polar surface area (TPSA) is 20.3 Å². The fourth-order valence-electron chi connectivity index (χ4n) is 2.96. The van der Waals surface area contributed by atoms with Gasteiger partial charge in [0.05, 0.1) is 5.02 Å². The number of carbonyl (C=O) groups is 1. The highest BCUT2D eigenvalue weighted by atomic mass is 35.5. The molecule has 2 heterocycles. The fourth-order valence-corrected chi connectivity index (χ4v) is 4.44. The van der Waals surface area contributed by atoms with Crippen LogP contribution in [0.25, 0.3) is 10.1 Å². The van der Waals surface area contributed by atoms with Crippen LogP contribution in [-0.2, 0) is 13.0 Å². The van der Waals surface area contributed by atoms with Gasteiger partial charge in [-0.25, -0.2) is 0 Å². The zero-order valence-corrected chi connectivity index (χ0v) is 13.5. The second-order valence-corrected chi connectivity index (χ2v) is 6.92. The molecule has 0 saturated carbocycles. The Morgan fingerprint density at radius 3 is 2.59 bits per heavy atom. The van der Waals surface area contributed by atoms with E-state index in [4.69, 9.17) is 11.6 Å². The predicted octanol–water partition coefficient (Wildman–Crippen LogP) is 4.75. The van der Waals surface area contributed by atoms with Crippen molar-refractivity contribution >= 4 is 38.9 Å². The van der Waals surface area contributed by atoms with Crippen molar-refractivity contribution in [2.45, 2.75) is 13.0 Å². The van der Waals surface area contributed by atoms with E-state index in [1.807, 2.05) is 35.2 Å². The molecule has 4 heteroatoms. The molecule has 0 bridgehead atoms. The number of amides is 1. The largest absolute Gasteiger partial charge is 0.333 e. The lowest BCUT2D eigenvalue weighted by atomic mass is 10.00. The maximum Gasteiger partial charge on any atom is 0.265 e. The third-order valence-corrected chi connectivity index (χ3v) is 5.81. The molecule has 0 aliphatic carbocycles. The summed E-state index contributed by atoms with van der Waals surface area (Å²) >= 11 is 7.92. The zero-order chi connectivity index (χ0) is 15.1. The van der Waals surface area contributed by atoms with Gasteiger partial charge in [-0.05, 0) is 23.6 Å². The molecule has 0 fully saturated rings. The summed E-state index contributed by atoms with van der Waals surface area (Å²) in [5.74, 6) is 0.0423. The standard InChI is InChI=1S/C18H14ClNOS/c19-16-14-7-3-4-8-15(14)22-17(16)18(21)20-10-9-12-5-1-2-6-13(12)11-20/h1-8H,9-11H2.